The molecule has 1 N–H and O–H groups in total. The lowest BCUT2D eigenvalue weighted by atomic mass is 10.0. The highest BCUT2D eigenvalue weighted by atomic mass is 15.1. The highest BCUT2D eigenvalue weighted by Crippen LogP contribution is 2.10. The Labute approximate surface area is 107 Å². The molecule has 0 saturated heterocycles. The fourth-order valence-corrected chi connectivity index (χ4v) is 2.42. The zero-order chi connectivity index (χ0) is 12.7. The first-order valence-electron chi connectivity index (χ1n) is 7.02. The lowest BCUT2D eigenvalue weighted by Gasteiger charge is -2.25. The minimum Gasteiger partial charge on any atom is -0.370 e. The molecule has 1 rings (SSSR count). The summed E-state index contributed by atoms with van der Waals surface area (Å²) in [5.74, 6) is 1.98. The van der Waals surface area contributed by atoms with E-state index < -0.39 is 0 Å². The third-order valence-electron chi connectivity index (χ3n) is 3.09. The summed E-state index contributed by atoms with van der Waals surface area (Å²) in [5.41, 5.74) is 0. The van der Waals surface area contributed by atoms with E-state index in [1.165, 1.54) is 31.5 Å². The van der Waals surface area contributed by atoms with E-state index in [4.69, 9.17) is 0 Å². The molecule has 1 heterocycles. The number of hydrogen-bond donors (Lipinski definition) is 1. The first-order chi connectivity index (χ1) is 8.08. The third-order valence-corrected chi connectivity index (χ3v) is 3.09. The van der Waals surface area contributed by atoms with Crippen LogP contribution in [-0.2, 0) is 0 Å². The average Bonchev–Trinajstić information content (AvgIpc) is 2.44. The molecule has 1 atom stereocenters. The van der Waals surface area contributed by atoms with Gasteiger partial charge < -0.3 is 10.2 Å². The number of hydrogen-bond acceptors (Lipinski definition) is 3. The van der Waals surface area contributed by atoms with Crippen molar-refractivity contribution in [3.8, 4) is 0 Å². The second-order valence-corrected chi connectivity index (χ2v) is 5.87. The molecule has 0 amide bonds. The van der Waals surface area contributed by atoms with E-state index in [2.05, 4.69) is 43.2 Å². The monoisotopic (exact) mass is 239 g/mol. The van der Waals surface area contributed by atoms with Crippen molar-refractivity contribution in [3.63, 3.8) is 0 Å². The van der Waals surface area contributed by atoms with E-state index in [1.54, 1.807) is 0 Å². The standard InChI is InChI=1S/C14H29N3/c1-12(2)10-13(11-17(3)4)16-14-8-6-5-7-9-15-14/h12-13H,5-11H2,1-4H3,(H,15,16). The molecule has 0 bridgehead atoms. The van der Waals surface area contributed by atoms with Crippen LogP contribution < -0.4 is 5.32 Å². The second kappa shape index (κ2) is 7.70. The topological polar surface area (TPSA) is 27.6 Å². The van der Waals surface area contributed by atoms with Crippen LogP contribution in [-0.4, -0.2) is 44.0 Å². The van der Waals surface area contributed by atoms with Gasteiger partial charge in [0.1, 0.15) is 0 Å². The van der Waals surface area contributed by atoms with Crippen LogP contribution in [0.2, 0.25) is 0 Å². The number of likely N-dealkylation sites (N-methyl/N-ethyl adjacent to an activating group) is 1. The van der Waals surface area contributed by atoms with E-state index in [1.807, 2.05) is 0 Å². The first kappa shape index (κ1) is 14.5. The number of amidine groups is 1. The van der Waals surface area contributed by atoms with Crippen molar-refractivity contribution in [2.75, 3.05) is 27.2 Å². The van der Waals surface area contributed by atoms with Gasteiger partial charge >= 0.3 is 0 Å². The summed E-state index contributed by atoms with van der Waals surface area (Å²) in [6.45, 7) is 6.69. The Morgan fingerprint density at radius 3 is 2.65 bits per heavy atom. The van der Waals surface area contributed by atoms with Crippen LogP contribution in [0.3, 0.4) is 0 Å². The number of nitrogens with zero attached hydrogens (tertiary/aromatic N) is 2. The van der Waals surface area contributed by atoms with Crippen molar-refractivity contribution >= 4 is 5.84 Å². The maximum atomic E-state index is 4.66. The zero-order valence-corrected chi connectivity index (χ0v) is 12.0. The van der Waals surface area contributed by atoms with Gasteiger partial charge in [-0.05, 0) is 39.3 Å². The maximum Gasteiger partial charge on any atom is 0.0965 e. The Balaban J connectivity index is 2.48. The Hall–Kier alpha value is -0.570. The van der Waals surface area contributed by atoms with Crippen molar-refractivity contribution in [3.05, 3.63) is 0 Å². The van der Waals surface area contributed by atoms with Crippen molar-refractivity contribution < 1.29 is 0 Å². The van der Waals surface area contributed by atoms with Crippen LogP contribution in [0.1, 0.15) is 46.0 Å². The summed E-state index contributed by atoms with van der Waals surface area (Å²) >= 11 is 0. The molecule has 1 unspecified atom stereocenters. The lowest BCUT2D eigenvalue weighted by Crippen LogP contribution is -2.42. The molecule has 0 aromatic heterocycles. The van der Waals surface area contributed by atoms with E-state index >= 15 is 0 Å². The third kappa shape index (κ3) is 6.67. The minimum atomic E-state index is 0.543. The number of nitrogens with one attached hydrogen (secondary N) is 1. The van der Waals surface area contributed by atoms with Crippen molar-refractivity contribution in [1.29, 1.82) is 0 Å². The Morgan fingerprint density at radius 1 is 1.24 bits per heavy atom. The van der Waals surface area contributed by atoms with E-state index in [0.717, 1.165) is 25.4 Å². The van der Waals surface area contributed by atoms with Gasteiger partial charge in [0.25, 0.3) is 0 Å². The fourth-order valence-electron chi connectivity index (χ4n) is 2.42. The largest absolute Gasteiger partial charge is 0.370 e. The van der Waals surface area contributed by atoms with E-state index in [-0.39, 0.29) is 0 Å². The van der Waals surface area contributed by atoms with Crippen LogP contribution in [0.25, 0.3) is 0 Å². The molecule has 0 spiro atoms. The van der Waals surface area contributed by atoms with Crippen molar-refractivity contribution in [2.24, 2.45) is 10.9 Å². The molecule has 0 saturated carbocycles. The molecule has 3 nitrogen and oxygen atoms in total. The predicted octanol–water partition coefficient (Wildman–Crippen LogP) is 2.52. The summed E-state index contributed by atoms with van der Waals surface area (Å²) in [5, 5.41) is 3.67. The molecular formula is C14H29N3. The molecule has 0 aromatic carbocycles. The van der Waals surface area contributed by atoms with Crippen molar-refractivity contribution in [1.82, 2.24) is 10.2 Å². The van der Waals surface area contributed by atoms with Gasteiger partial charge in [-0.15, -0.1) is 0 Å². The molecule has 3 heteroatoms. The Bertz CT molecular complexity index is 224. The van der Waals surface area contributed by atoms with Gasteiger partial charge in [-0.25, -0.2) is 0 Å². The zero-order valence-electron chi connectivity index (χ0n) is 12.0. The van der Waals surface area contributed by atoms with E-state index in [0.29, 0.717) is 6.04 Å². The molecule has 0 fully saturated rings. The molecule has 0 radical (unpaired) electrons. The summed E-state index contributed by atoms with van der Waals surface area (Å²) in [7, 11) is 4.29. The van der Waals surface area contributed by atoms with Crippen LogP contribution in [0.15, 0.2) is 4.99 Å². The fraction of sp³-hybridized carbons (Fsp3) is 0.929. The van der Waals surface area contributed by atoms with Crippen LogP contribution in [0, 0.1) is 5.92 Å². The molecule has 100 valence electrons. The lowest BCUT2D eigenvalue weighted by molar-refractivity contribution is 0.327. The summed E-state index contributed by atoms with van der Waals surface area (Å²) in [4.78, 5) is 6.93. The highest BCUT2D eigenvalue weighted by Gasteiger charge is 2.14. The van der Waals surface area contributed by atoms with Crippen LogP contribution in [0.4, 0.5) is 0 Å². The average molecular weight is 239 g/mol. The predicted molar refractivity (Wildman–Crippen MR) is 75.7 cm³/mol. The van der Waals surface area contributed by atoms with Gasteiger partial charge in [-0.3, -0.25) is 4.99 Å². The first-order valence-corrected chi connectivity index (χ1v) is 7.02. The quantitative estimate of drug-likeness (QED) is 0.798. The van der Waals surface area contributed by atoms with Gasteiger partial charge in [-0.2, -0.15) is 0 Å². The molecule has 0 aliphatic carbocycles. The second-order valence-electron chi connectivity index (χ2n) is 5.87. The number of aliphatic imine (C=N–C) groups is 1. The van der Waals surface area contributed by atoms with Gasteiger partial charge in [0.05, 0.1) is 5.84 Å². The normalized spacial score (nSPS) is 19.1. The highest BCUT2D eigenvalue weighted by molar-refractivity contribution is 5.82. The molecule has 1 aliphatic heterocycles. The summed E-state index contributed by atoms with van der Waals surface area (Å²) in [6, 6.07) is 0.543. The summed E-state index contributed by atoms with van der Waals surface area (Å²) in [6.07, 6.45) is 6.24. The summed E-state index contributed by atoms with van der Waals surface area (Å²) < 4.78 is 0. The number of rotatable bonds is 5. The van der Waals surface area contributed by atoms with Crippen LogP contribution in [0.5, 0.6) is 0 Å². The minimum absolute atomic E-state index is 0.543. The SMILES string of the molecule is CC(C)CC(CN(C)C)NC1=NCCCCC1. The van der Waals surface area contributed by atoms with Gasteiger partial charge in [0, 0.05) is 25.6 Å². The van der Waals surface area contributed by atoms with Gasteiger partial charge in [0.15, 0.2) is 0 Å². The molecule has 0 aromatic rings. The molecule has 1 aliphatic rings. The Kier molecular flexibility index (Phi) is 6.56. The van der Waals surface area contributed by atoms with Crippen molar-refractivity contribution in [2.45, 2.75) is 52.0 Å². The van der Waals surface area contributed by atoms with Crippen LogP contribution >= 0.6 is 0 Å². The Morgan fingerprint density at radius 2 is 2.00 bits per heavy atom. The molecular weight excluding hydrogens is 210 g/mol. The van der Waals surface area contributed by atoms with Gasteiger partial charge in [-0.1, -0.05) is 20.3 Å². The van der Waals surface area contributed by atoms with Gasteiger partial charge in [0.2, 0.25) is 0 Å². The molecule has 17 heavy (non-hydrogen) atoms. The smallest absolute Gasteiger partial charge is 0.0965 e. The maximum absolute atomic E-state index is 4.66. The van der Waals surface area contributed by atoms with E-state index in [9.17, 15) is 0 Å².